The molecule has 3 heteroatoms. The summed E-state index contributed by atoms with van der Waals surface area (Å²) < 4.78 is 6.59. The van der Waals surface area contributed by atoms with Gasteiger partial charge in [0.25, 0.3) is 6.71 Å². The van der Waals surface area contributed by atoms with Gasteiger partial charge in [-0.05, 0) is 78.6 Å². The van der Waals surface area contributed by atoms with E-state index >= 15 is 0 Å². The fourth-order valence-corrected chi connectivity index (χ4v) is 5.19. The standard InChI is InChI=1S/C27H22BNO/c1-17-15-19(3)25-24(16-17)30-27-18(2)13-14-23-26(27)28(25)21-11-7-8-12-22(21)29(23)20-9-5-4-6-10-20/h4-16H,1-3H3. The molecule has 0 bridgehead atoms. The molecular formula is C27H22BNO. The molecule has 2 heterocycles. The Morgan fingerprint density at radius 2 is 1.47 bits per heavy atom. The molecule has 0 aliphatic carbocycles. The van der Waals surface area contributed by atoms with Gasteiger partial charge in [0.2, 0.25) is 0 Å². The van der Waals surface area contributed by atoms with Gasteiger partial charge in [-0.15, -0.1) is 0 Å². The predicted octanol–water partition coefficient (Wildman–Crippen LogP) is 5.02. The normalized spacial score (nSPS) is 13.3. The van der Waals surface area contributed by atoms with Crippen LogP contribution < -0.4 is 26.0 Å². The molecule has 0 aromatic heterocycles. The molecule has 0 amide bonds. The molecule has 2 aliphatic rings. The van der Waals surface area contributed by atoms with Crippen molar-refractivity contribution < 1.29 is 4.74 Å². The van der Waals surface area contributed by atoms with Gasteiger partial charge in [0.1, 0.15) is 11.5 Å². The molecule has 0 atom stereocenters. The molecule has 2 aliphatic heterocycles. The minimum Gasteiger partial charge on any atom is -0.458 e. The Hall–Kier alpha value is -3.46. The lowest BCUT2D eigenvalue weighted by molar-refractivity contribution is 0.483. The number of anilines is 3. The van der Waals surface area contributed by atoms with Crippen LogP contribution in [-0.2, 0) is 0 Å². The van der Waals surface area contributed by atoms with Crippen molar-refractivity contribution in [1.29, 1.82) is 0 Å². The Morgan fingerprint density at radius 1 is 0.700 bits per heavy atom. The Morgan fingerprint density at radius 3 is 2.30 bits per heavy atom. The topological polar surface area (TPSA) is 12.5 Å². The van der Waals surface area contributed by atoms with Crippen molar-refractivity contribution in [2.24, 2.45) is 0 Å². The first-order chi connectivity index (χ1) is 14.6. The fourth-order valence-electron chi connectivity index (χ4n) is 5.19. The van der Waals surface area contributed by atoms with Gasteiger partial charge in [-0.25, -0.2) is 0 Å². The van der Waals surface area contributed by atoms with Gasteiger partial charge >= 0.3 is 0 Å². The van der Waals surface area contributed by atoms with Crippen LogP contribution in [0.25, 0.3) is 0 Å². The van der Waals surface area contributed by atoms with Gasteiger partial charge < -0.3 is 9.64 Å². The van der Waals surface area contributed by atoms with E-state index in [4.69, 9.17) is 4.74 Å². The van der Waals surface area contributed by atoms with Gasteiger partial charge in [0.05, 0.1) is 0 Å². The second-order valence-electron chi connectivity index (χ2n) is 8.40. The van der Waals surface area contributed by atoms with Crippen LogP contribution in [0.15, 0.2) is 78.9 Å². The van der Waals surface area contributed by atoms with Crippen molar-refractivity contribution in [2.75, 3.05) is 4.90 Å². The zero-order valence-corrected chi connectivity index (χ0v) is 17.4. The van der Waals surface area contributed by atoms with Crippen molar-refractivity contribution in [3.63, 3.8) is 0 Å². The van der Waals surface area contributed by atoms with E-state index in [-0.39, 0.29) is 6.71 Å². The molecule has 144 valence electrons. The third kappa shape index (κ3) is 2.32. The number of rotatable bonds is 1. The van der Waals surface area contributed by atoms with Crippen molar-refractivity contribution in [3.05, 3.63) is 95.6 Å². The quantitative estimate of drug-likeness (QED) is 0.368. The summed E-state index contributed by atoms with van der Waals surface area (Å²) in [5.74, 6) is 2.00. The van der Waals surface area contributed by atoms with Crippen LogP contribution >= 0.6 is 0 Å². The van der Waals surface area contributed by atoms with Gasteiger partial charge in [-0.1, -0.05) is 54.1 Å². The lowest BCUT2D eigenvalue weighted by atomic mass is 9.33. The molecule has 2 nitrogen and oxygen atoms in total. The van der Waals surface area contributed by atoms with Gasteiger partial charge in [0, 0.05) is 17.1 Å². The number of nitrogens with zero attached hydrogens (tertiary/aromatic N) is 1. The largest absolute Gasteiger partial charge is 0.458 e. The highest BCUT2D eigenvalue weighted by atomic mass is 16.5. The van der Waals surface area contributed by atoms with Crippen molar-refractivity contribution in [1.82, 2.24) is 0 Å². The molecule has 4 aromatic rings. The summed E-state index contributed by atoms with van der Waals surface area (Å²) in [6, 6.07) is 28.3. The Kier molecular flexibility index (Phi) is 3.64. The average Bonchev–Trinajstić information content (AvgIpc) is 2.76. The first-order valence-corrected chi connectivity index (χ1v) is 10.5. The molecule has 0 saturated carbocycles. The van der Waals surface area contributed by atoms with Crippen molar-refractivity contribution in [2.45, 2.75) is 20.8 Å². The zero-order chi connectivity index (χ0) is 20.4. The van der Waals surface area contributed by atoms with Crippen LogP contribution in [0.4, 0.5) is 17.1 Å². The highest BCUT2D eigenvalue weighted by molar-refractivity contribution is 6.99. The molecule has 0 spiro atoms. The maximum absolute atomic E-state index is 6.59. The number of hydrogen-bond acceptors (Lipinski definition) is 2. The minimum atomic E-state index is 0.176. The van der Waals surface area contributed by atoms with Crippen LogP contribution in [0.3, 0.4) is 0 Å². The summed E-state index contributed by atoms with van der Waals surface area (Å²) in [6.45, 7) is 6.67. The zero-order valence-electron chi connectivity index (χ0n) is 17.4. The van der Waals surface area contributed by atoms with E-state index in [1.165, 1.54) is 50.1 Å². The second-order valence-corrected chi connectivity index (χ2v) is 8.40. The Bertz CT molecular complexity index is 1310. The first kappa shape index (κ1) is 17.4. The average molecular weight is 387 g/mol. The summed E-state index contributed by atoms with van der Waals surface area (Å²) in [6.07, 6.45) is 0. The van der Waals surface area contributed by atoms with Crippen LogP contribution in [0.2, 0.25) is 0 Å². The van der Waals surface area contributed by atoms with Gasteiger partial charge in [0.15, 0.2) is 0 Å². The van der Waals surface area contributed by atoms with Gasteiger partial charge in [-0.2, -0.15) is 0 Å². The molecule has 30 heavy (non-hydrogen) atoms. The van der Waals surface area contributed by atoms with E-state index < -0.39 is 0 Å². The molecule has 0 fully saturated rings. The van der Waals surface area contributed by atoms with Crippen LogP contribution in [-0.4, -0.2) is 6.71 Å². The highest BCUT2D eigenvalue weighted by Crippen LogP contribution is 2.41. The number of ether oxygens (including phenoxy) is 1. The number of hydrogen-bond donors (Lipinski definition) is 0. The van der Waals surface area contributed by atoms with E-state index in [9.17, 15) is 0 Å². The van der Waals surface area contributed by atoms with E-state index in [2.05, 4.69) is 105 Å². The molecule has 0 unspecified atom stereocenters. The smallest absolute Gasteiger partial charge is 0.256 e. The number of benzene rings is 4. The first-order valence-electron chi connectivity index (χ1n) is 10.5. The highest BCUT2D eigenvalue weighted by Gasteiger charge is 2.42. The summed E-state index contributed by atoms with van der Waals surface area (Å²) in [4.78, 5) is 2.38. The maximum Gasteiger partial charge on any atom is 0.256 e. The van der Waals surface area contributed by atoms with E-state index in [1.54, 1.807) is 0 Å². The minimum absolute atomic E-state index is 0.176. The molecule has 0 N–H and O–H groups in total. The fraction of sp³-hybridized carbons (Fsp3) is 0.111. The maximum atomic E-state index is 6.59. The second kappa shape index (κ2) is 6.27. The van der Waals surface area contributed by atoms with Crippen LogP contribution in [0, 0.1) is 20.8 Å². The molecule has 6 rings (SSSR count). The monoisotopic (exact) mass is 387 g/mol. The Labute approximate surface area is 177 Å². The SMILES string of the molecule is Cc1cc(C)c2c(c1)Oc1c(C)ccc3c1B2c1ccccc1N3c1ccccc1. The lowest BCUT2D eigenvalue weighted by Gasteiger charge is -2.41. The molecular weight excluding hydrogens is 365 g/mol. The van der Waals surface area contributed by atoms with E-state index in [1.807, 2.05) is 0 Å². The summed E-state index contributed by atoms with van der Waals surface area (Å²) in [7, 11) is 0. The van der Waals surface area contributed by atoms with E-state index in [0.717, 1.165) is 11.5 Å². The summed E-state index contributed by atoms with van der Waals surface area (Å²) in [5.41, 5.74) is 11.2. The van der Waals surface area contributed by atoms with Crippen LogP contribution in [0.1, 0.15) is 16.7 Å². The summed E-state index contributed by atoms with van der Waals surface area (Å²) in [5, 5.41) is 0. The van der Waals surface area contributed by atoms with Crippen molar-refractivity contribution in [3.8, 4) is 11.5 Å². The number of aryl methyl sites for hydroxylation is 3. The molecule has 0 radical (unpaired) electrons. The third-order valence-electron chi connectivity index (χ3n) is 6.40. The molecule has 0 saturated heterocycles. The van der Waals surface area contributed by atoms with E-state index in [0.29, 0.717) is 0 Å². The van der Waals surface area contributed by atoms with Crippen molar-refractivity contribution >= 4 is 40.2 Å². The molecule has 4 aromatic carbocycles. The number of fused-ring (bicyclic) bond motifs is 4. The third-order valence-corrected chi connectivity index (χ3v) is 6.40. The number of para-hydroxylation sites is 2. The Balaban J connectivity index is 1.73. The summed E-state index contributed by atoms with van der Waals surface area (Å²) >= 11 is 0. The van der Waals surface area contributed by atoms with Crippen LogP contribution in [0.5, 0.6) is 11.5 Å². The lowest BCUT2D eigenvalue weighted by Crippen LogP contribution is -2.60. The van der Waals surface area contributed by atoms with Gasteiger partial charge in [-0.3, -0.25) is 0 Å². The predicted molar refractivity (Wildman–Crippen MR) is 127 cm³/mol.